The molecule has 0 aromatic carbocycles. The van der Waals surface area contributed by atoms with Gasteiger partial charge in [-0.25, -0.2) is 4.79 Å². The number of carbonyl (C=O) groups excluding carboxylic acids is 2. The molecule has 0 aromatic rings. The first-order valence-corrected chi connectivity index (χ1v) is 18.5. The Kier molecular flexibility index (Phi) is 33.7. The number of rotatable bonds is 34. The molecule has 0 rings (SSSR count). The second-order valence-corrected chi connectivity index (χ2v) is 12.3. The maximum Gasteiger partial charge on any atom is 0.315 e. The zero-order valence-corrected chi connectivity index (χ0v) is 29.3. The summed E-state index contributed by atoms with van der Waals surface area (Å²) in [5, 5.41) is 5.63. The fraction of sp³-hybridized carbons (Fsp3) is 0.833. The Balaban J connectivity index is 3.84. The van der Waals surface area contributed by atoms with E-state index in [9.17, 15) is 9.59 Å². The van der Waals surface area contributed by atoms with Crippen LogP contribution in [0.1, 0.15) is 122 Å². The summed E-state index contributed by atoms with van der Waals surface area (Å²) in [6.45, 7) is 11.0. The van der Waals surface area contributed by atoms with Crippen LogP contribution >= 0.6 is 0 Å². The Bertz CT molecular complexity index is 710. The molecule has 0 bridgehead atoms. The zero-order valence-electron chi connectivity index (χ0n) is 29.3. The second-order valence-electron chi connectivity index (χ2n) is 12.3. The van der Waals surface area contributed by atoms with Gasteiger partial charge >= 0.3 is 6.03 Å². The number of urea groups is 1. The summed E-state index contributed by atoms with van der Waals surface area (Å²) >= 11 is 0. The van der Waals surface area contributed by atoms with E-state index >= 15 is 0 Å². The molecule has 0 radical (unpaired) electrons. The minimum Gasteiger partial charge on any atom is -0.338 e. The molecule has 9 nitrogen and oxygen atoms in total. The van der Waals surface area contributed by atoms with Crippen LogP contribution in [-0.4, -0.2) is 93.6 Å². The Hall–Kier alpha value is -1.78. The Morgan fingerprint density at radius 2 is 1.04 bits per heavy atom. The monoisotopic (exact) mass is 636 g/mol. The number of hydrogen-bond donors (Lipinski definition) is 5. The van der Waals surface area contributed by atoms with Crippen LogP contribution in [0, 0.1) is 0 Å². The lowest BCUT2D eigenvalue weighted by Gasteiger charge is -2.26. The molecular weight excluding hydrogens is 562 g/mol. The number of Topliss-reactive ketones (excluding diaryl/α,β-unsaturated/α-hetero) is 1. The summed E-state index contributed by atoms with van der Waals surface area (Å²) in [5.74, 6) is 0.106. The van der Waals surface area contributed by atoms with Crippen molar-refractivity contribution in [2.45, 2.75) is 122 Å². The van der Waals surface area contributed by atoms with Crippen molar-refractivity contribution >= 4 is 11.8 Å². The molecule has 0 spiro atoms. The molecule has 0 aliphatic rings. The van der Waals surface area contributed by atoms with Gasteiger partial charge in [-0.05, 0) is 130 Å². The first-order valence-electron chi connectivity index (χ1n) is 18.5. The molecule has 8 N–H and O–H groups in total. The third kappa shape index (κ3) is 32.0. The third-order valence-corrected chi connectivity index (χ3v) is 8.02. The molecule has 0 fully saturated rings. The SMILES string of the molecule is CCCCC/C=C\C/C=C\CCCCCCCCC(=O)CNC(=O)NCCCN(CCCN)CCCN(CCCN)CCCN. The molecule has 0 saturated carbocycles. The van der Waals surface area contributed by atoms with Crippen LogP contribution in [0.2, 0.25) is 0 Å². The van der Waals surface area contributed by atoms with E-state index in [0.29, 0.717) is 32.6 Å². The molecule has 0 unspecified atom stereocenters. The lowest BCUT2D eigenvalue weighted by Crippen LogP contribution is -2.40. The van der Waals surface area contributed by atoms with Gasteiger partial charge in [0.1, 0.15) is 0 Å². The first kappa shape index (κ1) is 43.2. The summed E-state index contributed by atoms with van der Waals surface area (Å²) in [6.07, 6.45) is 28.9. The maximum absolute atomic E-state index is 12.2. The van der Waals surface area contributed by atoms with E-state index in [1.54, 1.807) is 0 Å². The number of nitrogens with one attached hydrogen (secondary N) is 2. The maximum atomic E-state index is 12.2. The number of allylic oxidation sites excluding steroid dienone is 4. The van der Waals surface area contributed by atoms with Crippen molar-refractivity contribution < 1.29 is 9.59 Å². The number of ketones is 1. The average molecular weight is 636 g/mol. The highest BCUT2D eigenvalue weighted by Gasteiger charge is 2.09. The van der Waals surface area contributed by atoms with Crippen molar-refractivity contribution in [3.05, 3.63) is 24.3 Å². The van der Waals surface area contributed by atoms with Gasteiger partial charge in [0.05, 0.1) is 6.54 Å². The van der Waals surface area contributed by atoms with Gasteiger partial charge in [0, 0.05) is 13.0 Å². The molecule has 0 heterocycles. The van der Waals surface area contributed by atoms with E-state index in [-0.39, 0.29) is 18.4 Å². The zero-order chi connectivity index (χ0) is 33.1. The van der Waals surface area contributed by atoms with Gasteiger partial charge in [0.25, 0.3) is 0 Å². The Morgan fingerprint density at radius 1 is 0.556 bits per heavy atom. The summed E-state index contributed by atoms with van der Waals surface area (Å²) in [5.41, 5.74) is 17.2. The smallest absolute Gasteiger partial charge is 0.315 e. The van der Waals surface area contributed by atoms with Crippen LogP contribution in [0.3, 0.4) is 0 Å². The molecule has 0 aliphatic heterocycles. The van der Waals surface area contributed by atoms with Crippen LogP contribution in [0.5, 0.6) is 0 Å². The van der Waals surface area contributed by atoms with E-state index in [0.717, 1.165) is 97.1 Å². The van der Waals surface area contributed by atoms with Crippen molar-refractivity contribution in [1.29, 1.82) is 0 Å². The number of hydrogen-bond acceptors (Lipinski definition) is 7. The van der Waals surface area contributed by atoms with Crippen LogP contribution in [0.25, 0.3) is 0 Å². The molecule has 0 atom stereocenters. The van der Waals surface area contributed by atoms with Gasteiger partial charge in [-0.1, -0.05) is 69.8 Å². The highest BCUT2D eigenvalue weighted by molar-refractivity contribution is 5.85. The molecule has 2 amide bonds. The van der Waals surface area contributed by atoms with Crippen LogP contribution in [0.15, 0.2) is 24.3 Å². The molecule has 264 valence electrons. The summed E-state index contributed by atoms with van der Waals surface area (Å²) < 4.78 is 0. The average Bonchev–Trinajstić information content (AvgIpc) is 3.04. The molecule has 9 heteroatoms. The minimum absolute atomic E-state index is 0.106. The van der Waals surface area contributed by atoms with Gasteiger partial charge in [-0.3, -0.25) is 4.79 Å². The third-order valence-electron chi connectivity index (χ3n) is 8.02. The molecule has 0 aromatic heterocycles. The fourth-order valence-electron chi connectivity index (χ4n) is 5.28. The fourth-order valence-corrected chi connectivity index (χ4v) is 5.28. The van der Waals surface area contributed by atoms with E-state index in [2.05, 4.69) is 51.7 Å². The largest absolute Gasteiger partial charge is 0.338 e. The van der Waals surface area contributed by atoms with Crippen LogP contribution < -0.4 is 27.8 Å². The van der Waals surface area contributed by atoms with Crippen molar-refractivity contribution in [2.75, 3.05) is 72.0 Å². The Labute approximate surface area is 277 Å². The van der Waals surface area contributed by atoms with Gasteiger partial charge < -0.3 is 37.6 Å². The van der Waals surface area contributed by atoms with Crippen LogP contribution in [0.4, 0.5) is 4.79 Å². The van der Waals surface area contributed by atoms with Crippen molar-refractivity contribution in [3.63, 3.8) is 0 Å². The van der Waals surface area contributed by atoms with Gasteiger partial charge in [-0.15, -0.1) is 0 Å². The Morgan fingerprint density at radius 3 is 1.60 bits per heavy atom. The normalized spacial score (nSPS) is 11.9. The van der Waals surface area contributed by atoms with E-state index in [4.69, 9.17) is 17.2 Å². The van der Waals surface area contributed by atoms with Crippen molar-refractivity contribution in [3.8, 4) is 0 Å². The first-order chi connectivity index (χ1) is 22.1. The number of nitrogens with two attached hydrogens (primary N) is 3. The molecule has 45 heavy (non-hydrogen) atoms. The van der Waals surface area contributed by atoms with E-state index in [1.165, 1.54) is 51.4 Å². The number of amides is 2. The molecule has 0 aliphatic carbocycles. The van der Waals surface area contributed by atoms with Gasteiger partial charge in [0.15, 0.2) is 5.78 Å². The van der Waals surface area contributed by atoms with E-state index < -0.39 is 0 Å². The summed E-state index contributed by atoms with van der Waals surface area (Å²) in [6, 6.07) is -0.260. The summed E-state index contributed by atoms with van der Waals surface area (Å²) in [4.78, 5) is 29.3. The highest BCUT2D eigenvalue weighted by Crippen LogP contribution is 2.09. The number of unbranched alkanes of at least 4 members (excludes halogenated alkanes) is 9. The standard InChI is InChI=1S/C36H73N7O2/c1-2-3-4-5-6-7-8-9-10-11-12-13-14-15-16-17-23-35(44)34-41-36(45)40-27-21-31-43(30-20-26-39)33-22-32-42(28-18-24-37)29-19-25-38/h6-7,9-10H,2-5,8,11-34,37-39H2,1H3,(H2,40,41,45)/b7-6-,10-9-. The molecule has 0 saturated heterocycles. The topological polar surface area (TPSA) is 143 Å². The lowest BCUT2D eigenvalue weighted by atomic mass is 10.1. The highest BCUT2D eigenvalue weighted by atomic mass is 16.2. The quantitative estimate of drug-likeness (QED) is 0.0465. The summed E-state index contributed by atoms with van der Waals surface area (Å²) in [7, 11) is 0. The van der Waals surface area contributed by atoms with E-state index in [1.807, 2.05) is 0 Å². The minimum atomic E-state index is -0.260. The van der Waals surface area contributed by atoms with Gasteiger partial charge in [-0.2, -0.15) is 0 Å². The van der Waals surface area contributed by atoms with Gasteiger partial charge in [0.2, 0.25) is 0 Å². The predicted octanol–water partition coefficient (Wildman–Crippen LogP) is 5.49. The number of nitrogens with zero attached hydrogens (tertiary/aromatic N) is 2. The van der Waals surface area contributed by atoms with Crippen molar-refractivity contribution in [1.82, 2.24) is 20.4 Å². The molecular formula is C36H73N7O2. The van der Waals surface area contributed by atoms with Crippen LogP contribution in [-0.2, 0) is 4.79 Å². The predicted molar refractivity (Wildman–Crippen MR) is 194 cm³/mol. The lowest BCUT2D eigenvalue weighted by molar-refractivity contribution is -0.118. The second kappa shape index (κ2) is 35.1. The van der Waals surface area contributed by atoms with Crippen molar-refractivity contribution in [2.24, 2.45) is 17.2 Å². The number of carbonyl (C=O) groups is 2.